The molecule has 1 aromatic carbocycles. The lowest BCUT2D eigenvalue weighted by atomic mass is 10.0. The van der Waals surface area contributed by atoms with Gasteiger partial charge < -0.3 is 60.9 Å². The van der Waals surface area contributed by atoms with E-state index in [2.05, 4.69) is 20.9 Å². The first-order chi connectivity index (χ1) is 23.9. The molecule has 50 heavy (non-hydrogen) atoms. The SMILES string of the molecule is COc1cc(N)c(Cl)cc1C(=O)N[C@@H]1CCN(CCOC(CC=O)NCCCCCCCC(=O)NC[C@H](O)[C@@H](O)[C@H](O)[C@H](O)CO)C[C@@H]1OC. The van der Waals surface area contributed by atoms with Crippen LogP contribution < -0.4 is 26.4 Å². The van der Waals surface area contributed by atoms with Crippen molar-refractivity contribution in [2.45, 2.75) is 94.2 Å². The summed E-state index contributed by atoms with van der Waals surface area (Å²) in [6.45, 7) is 1.93. The molecule has 2 amide bonds. The smallest absolute Gasteiger partial charge is 0.255 e. The molecule has 1 unspecified atom stereocenters. The number of benzene rings is 1. The van der Waals surface area contributed by atoms with E-state index in [1.54, 1.807) is 7.11 Å². The van der Waals surface area contributed by atoms with E-state index in [0.717, 1.165) is 32.0 Å². The Morgan fingerprint density at radius 2 is 1.78 bits per heavy atom. The fraction of sp³-hybridized carbons (Fsp3) is 0.727. The van der Waals surface area contributed by atoms with Crippen LogP contribution >= 0.6 is 11.6 Å². The van der Waals surface area contributed by atoms with Crippen LogP contribution in [0.5, 0.6) is 5.75 Å². The number of nitrogens with zero attached hydrogens (tertiary/aromatic N) is 1. The lowest BCUT2D eigenvalue weighted by Crippen LogP contribution is -2.55. The van der Waals surface area contributed by atoms with Crippen LogP contribution in [0, 0.1) is 0 Å². The Morgan fingerprint density at radius 3 is 2.46 bits per heavy atom. The second kappa shape index (κ2) is 23.8. The van der Waals surface area contributed by atoms with Crippen LogP contribution in [-0.2, 0) is 19.1 Å². The van der Waals surface area contributed by atoms with Crippen molar-refractivity contribution in [3.8, 4) is 5.75 Å². The van der Waals surface area contributed by atoms with Gasteiger partial charge in [0.1, 0.15) is 36.6 Å². The predicted molar refractivity (Wildman–Crippen MR) is 186 cm³/mol. The number of rotatable bonds is 25. The molecular weight excluding hydrogens is 678 g/mol. The van der Waals surface area contributed by atoms with Crippen LogP contribution in [0.25, 0.3) is 0 Å². The van der Waals surface area contributed by atoms with Crippen LogP contribution in [0.15, 0.2) is 12.1 Å². The fourth-order valence-electron chi connectivity index (χ4n) is 5.57. The third-order valence-electron chi connectivity index (χ3n) is 8.65. The number of halogens is 1. The number of ether oxygens (including phenoxy) is 3. The van der Waals surface area contributed by atoms with Gasteiger partial charge in [-0.2, -0.15) is 0 Å². The quantitative estimate of drug-likeness (QED) is 0.0258. The second-order valence-electron chi connectivity index (χ2n) is 12.4. The van der Waals surface area contributed by atoms with Crippen molar-refractivity contribution in [1.82, 2.24) is 20.9 Å². The van der Waals surface area contributed by atoms with Crippen molar-refractivity contribution in [3.63, 3.8) is 0 Å². The van der Waals surface area contributed by atoms with E-state index in [0.29, 0.717) is 62.6 Å². The highest BCUT2D eigenvalue weighted by Gasteiger charge is 2.32. The number of aliphatic hydroxyl groups is 5. The number of carbonyl (C=O) groups is 3. The molecule has 1 saturated heterocycles. The van der Waals surface area contributed by atoms with Crippen LogP contribution in [0.4, 0.5) is 5.69 Å². The van der Waals surface area contributed by atoms with E-state index in [-0.39, 0.29) is 48.4 Å². The van der Waals surface area contributed by atoms with Crippen molar-refractivity contribution in [3.05, 3.63) is 22.7 Å². The number of hydrogen-bond donors (Lipinski definition) is 9. The van der Waals surface area contributed by atoms with Crippen molar-refractivity contribution in [2.24, 2.45) is 0 Å². The summed E-state index contributed by atoms with van der Waals surface area (Å²) in [4.78, 5) is 38.5. The third kappa shape index (κ3) is 14.9. The Morgan fingerprint density at radius 1 is 1.08 bits per heavy atom. The molecule has 286 valence electrons. The normalized spacial score (nSPS) is 19.6. The summed E-state index contributed by atoms with van der Waals surface area (Å²) in [5.74, 6) is -0.301. The summed E-state index contributed by atoms with van der Waals surface area (Å²) >= 11 is 6.14. The number of unbranched alkanes of at least 4 members (excludes halogenated alkanes) is 4. The van der Waals surface area contributed by atoms with Crippen molar-refractivity contribution in [2.75, 3.05) is 65.9 Å². The number of anilines is 1. The van der Waals surface area contributed by atoms with Gasteiger partial charge in [0.15, 0.2) is 0 Å². The average molecular weight is 734 g/mol. The lowest BCUT2D eigenvalue weighted by molar-refractivity contribution is -0.126. The Bertz CT molecular complexity index is 1170. The largest absolute Gasteiger partial charge is 0.496 e. The van der Waals surface area contributed by atoms with E-state index in [1.165, 1.54) is 19.2 Å². The Labute approximate surface area is 298 Å². The molecule has 0 aromatic heterocycles. The maximum absolute atomic E-state index is 13.0. The topological polar surface area (TPSA) is 245 Å². The molecular formula is C33H56ClN5O11. The standard InChI is InChI=1S/C33H56ClN5O11/c1-48-27-17-23(35)22(34)16-21(27)33(47)38-24-9-12-39(19-28(24)49-2)13-15-50-30(10-14-40)36-11-7-5-3-4-6-8-29(44)37-18-25(42)31(45)32(46)26(43)20-41/h14,16-17,24-26,28,30-32,36,41-43,45-46H,3-13,15,18-20,35H2,1-2H3,(H,37,44)(H,38,47)/t24-,25+,26-,28+,30?,31-,32-/m1/s1. The number of likely N-dealkylation sites (tertiary alicyclic amines) is 1. The van der Waals surface area contributed by atoms with Gasteiger partial charge in [0.05, 0.1) is 54.8 Å². The summed E-state index contributed by atoms with van der Waals surface area (Å²) in [5.41, 5.74) is 6.45. The number of nitrogen functional groups attached to an aromatic ring is 1. The average Bonchev–Trinajstić information content (AvgIpc) is 3.11. The molecule has 1 aliphatic rings. The highest BCUT2D eigenvalue weighted by molar-refractivity contribution is 6.33. The maximum atomic E-state index is 13.0. The summed E-state index contributed by atoms with van der Waals surface area (Å²) in [6, 6.07) is 2.79. The number of aliphatic hydroxyl groups excluding tert-OH is 5. The zero-order valence-electron chi connectivity index (χ0n) is 29.0. The second-order valence-corrected chi connectivity index (χ2v) is 12.8. The van der Waals surface area contributed by atoms with Crippen LogP contribution in [0.3, 0.4) is 0 Å². The molecule has 2 rings (SSSR count). The number of aldehydes is 1. The number of methoxy groups -OCH3 is 2. The molecule has 17 heteroatoms. The first-order valence-electron chi connectivity index (χ1n) is 17.0. The number of piperidine rings is 1. The maximum Gasteiger partial charge on any atom is 0.255 e. The van der Waals surface area contributed by atoms with Crippen molar-refractivity contribution in [1.29, 1.82) is 0 Å². The molecule has 1 heterocycles. The number of carbonyl (C=O) groups excluding carboxylic acids is 3. The molecule has 1 fully saturated rings. The van der Waals surface area contributed by atoms with Gasteiger partial charge in [0.25, 0.3) is 5.91 Å². The number of nitrogens with two attached hydrogens (primary N) is 1. The molecule has 16 nitrogen and oxygen atoms in total. The van der Waals surface area contributed by atoms with Crippen molar-refractivity contribution >= 4 is 35.4 Å². The minimum Gasteiger partial charge on any atom is -0.496 e. The monoisotopic (exact) mass is 733 g/mol. The number of nitrogens with one attached hydrogen (secondary N) is 3. The van der Waals surface area contributed by atoms with E-state index >= 15 is 0 Å². The van der Waals surface area contributed by atoms with Gasteiger partial charge >= 0.3 is 0 Å². The molecule has 1 aromatic rings. The highest BCUT2D eigenvalue weighted by atomic mass is 35.5. The molecule has 7 atom stereocenters. The molecule has 0 radical (unpaired) electrons. The number of hydrogen-bond acceptors (Lipinski definition) is 14. The molecule has 0 saturated carbocycles. The fourth-order valence-corrected chi connectivity index (χ4v) is 5.73. The van der Waals surface area contributed by atoms with Gasteiger partial charge in [-0.3, -0.25) is 19.8 Å². The molecule has 0 aliphatic carbocycles. The van der Waals surface area contributed by atoms with Gasteiger partial charge in [-0.15, -0.1) is 0 Å². The third-order valence-corrected chi connectivity index (χ3v) is 8.98. The summed E-state index contributed by atoms with van der Waals surface area (Å²) < 4.78 is 17.0. The van der Waals surface area contributed by atoms with Gasteiger partial charge in [0, 0.05) is 52.2 Å². The van der Waals surface area contributed by atoms with Crippen LogP contribution in [-0.4, -0.2) is 151 Å². The molecule has 1 aliphatic heterocycles. The van der Waals surface area contributed by atoms with Gasteiger partial charge in [-0.05, 0) is 31.9 Å². The molecule has 0 spiro atoms. The van der Waals surface area contributed by atoms with Gasteiger partial charge in [-0.25, -0.2) is 0 Å². The lowest BCUT2D eigenvalue weighted by Gasteiger charge is -2.38. The minimum atomic E-state index is -1.74. The Hall–Kier alpha value is -2.64. The molecule has 0 bridgehead atoms. The minimum absolute atomic E-state index is 0.217. The van der Waals surface area contributed by atoms with Crippen LogP contribution in [0.1, 0.15) is 61.7 Å². The van der Waals surface area contributed by atoms with E-state index in [9.17, 15) is 34.8 Å². The zero-order chi connectivity index (χ0) is 37.1. The number of amides is 2. The van der Waals surface area contributed by atoms with Crippen LogP contribution in [0.2, 0.25) is 5.02 Å². The summed E-state index contributed by atoms with van der Waals surface area (Å²) in [5, 5.41) is 56.6. The summed E-state index contributed by atoms with van der Waals surface area (Å²) in [6.07, 6.45) is -1.13. The van der Waals surface area contributed by atoms with E-state index < -0.39 is 37.3 Å². The molecule has 10 N–H and O–H groups in total. The summed E-state index contributed by atoms with van der Waals surface area (Å²) in [7, 11) is 3.07. The van der Waals surface area contributed by atoms with E-state index in [1.807, 2.05) is 0 Å². The highest BCUT2D eigenvalue weighted by Crippen LogP contribution is 2.29. The van der Waals surface area contributed by atoms with Crippen molar-refractivity contribution < 1.29 is 54.1 Å². The van der Waals surface area contributed by atoms with Gasteiger partial charge in [0.2, 0.25) is 5.91 Å². The zero-order valence-corrected chi connectivity index (χ0v) is 29.7. The van der Waals surface area contributed by atoms with Gasteiger partial charge in [-0.1, -0.05) is 30.9 Å². The Balaban J connectivity index is 1.61. The Kier molecular flexibility index (Phi) is 20.7. The first-order valence-corrected chi connectivity index (χ1v) is 17.4. The predicted octanol–water partition coefficient (Wildman–Crippen LogP) is -0.836. The van der Waals surface area contributed by atoms with E-state index in [4.69, 9.17) is 36.7 Å². The first kappa shape index (κ1) is 43.5.